The summed E-state index contributed by atoms with van der Waals surface area (Å²) in [6.45, 7) is 3.94. The van der Waals surface area contributed by atoms with Gasteiger partial charge in [0.05, 0.1) is 13.2 Å². The molecule has 0 radical (unpaired) electrons. The first-order valence-electron chi connectivity index (χ1n) is 13.2. The summed E-state index contributed by atoms with van der Waals surface area (Å²) in [7, 11) is 0. The quantitative estimate of drug-likeness (QED) is 0.301. The topological polar surface area (TPSA) is 81.9 Å². The average molecular weight is 511 g/mol. The van der Waals surface area contributed by atoms with Gasteiger partial charge in [-0.1, -0.05) is 6.42 Å². The van der Waals surface area contributed by atoms with Crippen LogP contribution in [-0.2, 0) is 9.47 Å². The molecular formula is C23H42F4N6O2. The molecule has 12 heteroatoms. The number of rotatable bonds is 9. The lowest BCUT2D eigenvalue weighted by atomic mass is 9.85. The van der Waals surface area contributed by atoms with Crippen molar-refractivity contribution in [3.8, 4) is 0 Å². The number of ether oxygens (including phenoxy) is 2. The number of hydrogen-bond donors (Lipinski definition) is 5. The van der Waals surface area contributed by atoms with Crippen molar-refractivity contribution in [3.05, 3.63) is 0 Å². The van der Waals surface area contributed by atoms with Crippen molar-refractivity contribution >= 4 is 0 Å². The van der Waals surface area contributed by atoms with Gasteiger partial charge in [-0.2, -0.15) is 13.2 Å². The van der Waals surface area contributed by atoms with E-state index < -0.39 is 37.9 Å². The van der Waals surface area contributed by atoms with Crippen LogP contribution >= 0.6 is 0 Å². The molecule has 2 heterocycles. The first-order chi connectivity index (χ1) is 16.8. The van der Waals surface area contributed by atoms with Crippen LogP contribution in [0.4, 0.5) is 17.6 Å². The van der Waals surface area contributed by atoms with Crippen LogP contribution in [0.1, 0.15) is 51.4 Å². The third-order valence-corrected chi connectivity index (χ3v) is 7.58. The van der Waals surface area contributed by atoms with Crippen LogP contribution in [0.2, 0.25) is 0 Å². The van der Waals surface area contributed by atoms with Gasteiger partial charge in [-0.15, -0.1) is 0 Å². The highest BCUT2D eigenvalue weighted by molar-refractivity contribution is 4.85. The number of alkyl halides is 4. The predicted octanol–water partition coefficient (Wildman–Crippen LogP) is 1.80. The molecule has 35 heavy (non-hydrogen) atoms. The fourth-order valence-corrected chi connectivity index (χ4v) is 5.71. The van der Waals surface area contributed by atoms with Gasteiger partial charge in [0.2, 0.25) is 0 Å². The summed E-state index contributed by atoms with van der Waals surface area (Å²) in [5, 5.41) is 16.4. The van der Waals surface area contributed by atoms with Crippen LogP contribution in [0.15, 0.2) is 0 Å². The van der Waals surface area contributed by atoms with E-state index in [9.17, 15) is 17.6 Å². The molecule has 2 saturated heterocycles. The molecule has 5 N–H and O–H groups in total. The van der Waals surface area contributed by atoms with Gasteiger partial charge < -0.3 is 9.47 Å². The Bertz CT molecular complexity index is 619. The van der Waals surface area contributed by atoms with E-state index in [4.69, 9.17) is 9.47 Å². The molecule has 4 aliphatic rings. The Morgan fingerprint density at radius 1 is 0.914 bits per heavy atom. The normalized spacial score (nSPS) is 37.9. The van der Waals surface area contributed by atoms with Crippen molar-refractivity contribution < 1.29 is 27.0 Å². The lowest BCUT2D eigenvalue weighted by molar-refractivity contribution is -0.199. The van der Waals surface area contributed by atoms with Crippen LogP contribution in [0.5, 0.6) is 0 Å². The third-order valence-electron chi connectivity index (χ3n) is 7.58. The summed E-state index contributed by atoms with van der Waals surface area (Å²) in [6.07, 6.45) is 0.292. The summed E-state index contributed by atoms with van der Waals surface area (Å²) < 4.78 is 62.3. The van der Waals surface area contributed by atoms with E-state index in [-0.39, 0.29) is 6.04 Å². The van der Waals surface area contributed by atoms with Gasteiger partial charge in [0, 0.05) is 32.2 Å². The Labute approximate surface area is 205 Å². The van der Waals surface area contributed by atoms with Crippen LogP contribution in [0.3, 0.4) is 0 Å². The molecule has 5 atom stereocenters. The number of nitrogens with zero attached hydrogens (tertiary/aromatic N) is 1. The highest BCUT2D eigenvalue weighted by Gasteiger charge is 2.35. The van der Waals surface area contributed by atoms with E-state index in [0.717, 1.165) is 65.0 Å². The van der Waals surface area contributed by atoms with Crippen molar-refractivity contribution in [3.63, 3.8) is 0 Å². The third kappa shape index (κ3) is 9.66. The Morgan fingerprint density at radius 3 is 2.40 bits per heavy atom. The monoisotopic (exact) mass is 510 g/mol. The maximum atomic E-state index is 13.4. The van der Waals surface area contributed by atoms with Gasteiger partial charge in [-0.05, 0) is 56.8 Å². The van der Waals surface area contributed by atoms with Gasteiger partial charge in [-0.25, -0.2) is 4.39 Å². The second kappa shape index (κ2) is 13.3. The van der Waals surface area contributed by atoms with Gasteiger partial charge >= 0.3 is 6.18 Å². The van der Waals surface area contributed by atoms with Crippen LogP contribution in [0.25, 0.3) is 0 Å². The number of nitrogens with one attached hydrogen (secondary N) is 5. The lowest BCUT2D eigenvalue weighted by Crippen LogP contribution is -2.76. The minimum absolute atomic E-state index is 0.265. The molecule has 0 aromatic rings. The molecule has 0 bridgehead atoms. The zero-order chi connectivity index (χ0) is 24.7. The van der Waals surface area contributed by atoms with Crippen molar-refractivity contribution in [1.82, 2.24) is 31.5 Å². The maximum absolute atomic E-state index is 13.4. The Balaban J connectivity index is 1.27. The minimum Gasteiger partial charge on any atom is -0.379 e. The Kier molecular flexibility index (Phi) is 10.4. The van der Waals surface area contributed by atoms with E-state index >= 15 is 0 Å². The molecule has 4 rings (SSSR count). The minimum atomic E-state index is -4.40. The molecule has 2 aliphatic carbocycles. The molecule has 5 unspecified atom stereocenters. The summed E-state index contributed by atoms with van der Waals surface area (Å²) >= 11 is 0. The molecular weight excluding hydrogens is 468 g/mol. The molecule has 0 aromatic heterocycles. The smallest absolute Gasteiger partial charge is 0.379 e. The second-order valence-corrected chi connectivity index (χ2v) is 10.5. The van der Waals surface area contributed by atoms with E-state index in [1.54, 1.807) is 0 Å². The van der Waals surface area contributed by atoms with E-state index in [2.05, 4.69) is 31.5 Å². The molecule has 204 valence electrons. The molecule has 2 saturated carbocycles. The van der Waals surface area contributed by atoms with Gasteiger partial charge in [-0.3, -0.25) is 31.5 Å². The van der Waals surface area contributed by atoms with Crippen LogP contribution in [-0.4, -0.2) is 88.2 Å². The number of morpholine rings is 1. The molecule has 0 spiro atoms. The standard InChI is InChI=1S/C23H42F4N6O2/c24-18-6-4-16(5-7-18)13-28-20-30-21(32-22(31-20)35-15-23(25,26)27)29-19-3-1-2-17(12-19)14-33-8-10-34-11-9-33/h16-22,28-32H,1-15H2. The lowest BCUT2D eigenvalue weighted by Gasteiger charge is -2.42. The number of halogens is 4. The fraction of sp³-hybridized carbons (Fsp3) is 1.00. The summed E-state index contributed by atoms with van der Waals surface area (Å²) in [5.41, 5.74) is 0. The Hall–Kier alpha value is -0.600. The van der Waals surface area contributed by atoms with E-state index in [1.807, 2.05) is 0 Å². The molecule has 8 nitrogen and oxygen atoms in total. The first kappa shape index (κ1) is 27.4. The maximum Gasteiger partial charge on any atom is 0.411 e. The van der Waals surface area contributed by atoms with Gasteiger partial charge in [0.1, 0.15) is 25.4 Å². The van der Waals surface area contributed by atoms with Gasteiger partial charge in [0.15, 0.2) is 6.35 Å². The largest absolute Gasteiger partial charge is 0.411 e. The fourth-order valence-electron chi connectivity index (χ4n) is 5.71. The highest BCUT2D eigenvalue weighted by Crippen LogP contribution is 2.27. The van der Waals surface area contributed by atoms with Crippen molar-refractivity contribution in [2.45, 2.75) is 88.7 Å². The summed E-state index contributed by atoms with van der Waals surface area (Å²) in [5.74, 6) is 0.957. The van der Waals surface area contributed by atoms with Crippen molar-refractivity contribution in [2.75, 3.05) is 46.0 Å². The molecule has 2 aliphatic heterocycles. The van der Waals surface area contributed by atoms with Crippen LogP contribution in [0, 0.1) is 11.8 Å². The zero-order valence-electron chi connectivity index (χ0n) is 20.4. The van der Waals surface area contributed by atoms with E-state index in [0.29, 0.717) is 31.2 Å². The SMILES string of the molecule is FC1CCC(CNC2NC(NC3CCCC(CN4CCOCC4)C3)NC(OCC(F)(F)F)N2)CC1. The first-order valence-corrected chi connectivity index (χ1v) is 13.2. The average Bonchev–Trinajstić information content (AvgIpc) is 2.83. The molecule has 4 fully saturated rings. The van der Waals surface area contributed by atoms with E-state index in [1.165, 1.54) is 6.42 Å². The predicted molar refractivity (Wildman–Crippen MR) is 124 cm³/mol. The van der Waals surface area contributed by atoms with Gasteiger partial charge in [0.25, 0.3) is 0 Å². The number of hydrogen-bond acceptors (Lipinski definition) is 8. The Morgan fingerprint density at radius 2 is 1.66 bits per heavy atom. The molecule has 0 aromatic carbocycles. The second-order valence-electron chi connectivity index (χ2n) is 10.5. The highest BCUT2D eigenvalue weighted by atomic mass is 19.4. The van der Waals surface area contributed by atoms with Crippen molar-refractivity contribution in [2.24, 2.45) is 11.8 Å². The van der Waals surface area contributed by atoms with Crippen molar-refractivity contribution in [1.29, 1.82) is 0 Å². The summed E-state index contributed by atoms with van der Waals surface area (Å²) in [6, 6.07) is 0.265. The summed E-state index contributed by atoms with van der Waals surface area (Å²) in [4.78, 5) is 2.47. The van der Waals surface area contributed by atoms with Crippen LogP contribution < -0.4 is 26.6 Å². The molecule has 0 amide bonds. The zero-order valence-corrected chi connectivity index (χ0v) is 20.4.